The Morgan fingerprint density at radius 3 is 2.70 bits per heavy atom. The fourth-order valence-electron chi connectivity index (χ4n) is 6.37. The number of methoxy groups -OCH3 is 1. The Morgan fingerprint density at radius 1 is 1.30 bits per heavy atom. The summed E-state index contributed by atoms with van der Waals surface area (Å²) in [5, 5.41) is 3.47. The van der Waals surface area contributed by atoms with Gasteiger partial charge in [-0.15, -0.1) is 0 Å². The van der Waals surface area contributed by atoms with Gasteiger partial charge >= 0.3 is 0 Å². The monoisotopic (exact) mass is 371 g/mol. The molecular formula is C23H33NO3. The minimum Gasteiger partial charge on any atom is -0.497 e. The standard InChI is InChI=1S/C23H33NO3/c1-5-6-19(25)24-21-22(2,3)16-13-18-20(27-12-11-23(18,21)14-16)15-7-9-17(26-4)10-8-15/h7-10,16,18,20-21H,5-6,11-14H2,1-4H3,(H,24,25)/t16-,18-,20-,21+,23?/m1/s1. The normalized spacial score (nSPS) is 36.3. The molecule has 4 rings (SSSR count). The van der Waals surface area contributed by atoms with E-state index in [0.717, 1.165) is 25.2 Å². The Bertz CT molecular complexity index is 698. The van der Waals surface area contributed by atoms with Crippen LogP contribution in [0.5, 0.6) is 5.75 Å². The predicted octanol–water partition coefficient (Wildman–Crippen LogP) is 4.49. The lowest BCUT2D eigenvalue weighted by molar-refractivity contribution is -0.137. The molecule has 1 aromatic rings. The average molecular weight is 372 g/mol. The van der Waals surface area contributed by atoms with E-state index in [4.69, 9.17) is 9.47 Å². The Kier molecular flexibility index (Phi) is 4.74. The molecule has 5 atom stereocenters. The highest BCUT2D eigenvalue weighted by Gasteiger charge is 2.68. The Labute approximate surface area is 163 Å². The number of rotatable bonds is 5. The molecule has 1 saturated heterocycles. The Morgan fingerprint density at radius 2 is 2.04 bits per heavy atom. The molecule has 2 aliphatic carbocycles. The smallest absolute Gasteiger partial charge is 0.220 e. The first-order valence-electron chi connectivity index (χ1n) is 10.5. The van der Waals surface area contributed by atoms with Gasteiger partial charge in [-0.1, -0.05) is 32.9 Å². The Balaban J connectivity index is 1.64. The van der Waals surface area contributed by atoms with E-state index >= 15 is 0 Å². The minimum atomic E-state index is 0.122. The van der Waals surface area contributed by atoms with Crippen LogP contribution in [0.1, 0.15) is 64.5 Å². The number of carbonyl (C=O) groups excluding carboxylic acids is 1. The summed E-state index contributed by atoms with van der Waals surface area (Å²) in [5.74, 6) is 2.22. The van der Waals surface area contributed by atoms with Gasteiger partial charge in [0.1, 0.15) is 5.75 Å². The number of amides is 1. The highest BCUT2D eigenvalue weighted by atomic mass is 16.5. The summed E-state index contributed by atoms with van der Waals surface area (Å²) in [6, 6.07) is 8.58. The van der Waals surface area contributed by atoms with E-state index in [0.29, 0.717) is 18.3 Å². The fourth-order valence-corrected chi connectivity index (χ4v) is 6.37. The van der Waals surface area contributed by atoms with Gasteiger partial charge in [0, 0.05) is 19.1 Å². The molecule has 148 valence electrons. The maximum Gasteiger partial charge on any atom is 0.220 e. The minimum absolute atomic E-state index is 0.122. The summed E-state index contributed by atoms with van der Waals surface area (Å²) < 4.78 is 11.6. The third-order valence-electron chi connectivity index (χ3n) is 7.73. The molecule has 1 N–H and O–H groups in total. The third kappa shape index (κ3) is 2.88. The van der Waals surface area contributed by atoms with Gasteiger partial charge in [0.15, 0.2) is 0 Å². The first-order valence-corrected chi connectivity index (χ1v) is 10.5. The first-order chi connectivity index (χ1) is 12.9. The molecule has 1 aromatic carbocycles. The summed E-state index contributed by atoms with van der Waals surface area (Å²) >= 11 is 0. The van der Waals surface area contributed by atoms with Crippen LogP contribution in [0.15, 0.2) is 24.3 Å². The van der Waals surface area contributed by atoms with Gasteiger partial charge in [0.2, 0.25) is 5.91 Å². The van der Waals surface area contributed by atoms with Crippen molar-refractivity contribution >= 4 is 5.91 Å². The largest absolute Gasteiger partial charge is 0.497 e. The van der Waals surface area contributed by atoms with Gasteiger partial charge in [0.05, 0.1) is 13.2 Å². The predicted molar refractivity (Wildman–Crippen MR) is 106 cm³/mol. The van der Waals surface area contributed by atoms with Crippen molar-refractivity contribution in [1.29, 1.82) is 0 Å². The van der Waals surface area contributed by atoms with Crippen molar-refractivity contribution in [3.05, 3.63) is 29.8 Å². The lowest BCUT2D eigenvalue weighted by atomic mass is 9.59. The number of hydrogen-bond acceptors (Lipinski definition) is 3. The number of fused-ring (bicyclic) bond motifs is 1. The van der Waals surface area contributed by atoms with E-state index in [1.54, 1.807) is 7.11 Å². The zero-order valence-corrected chi connectivity index (χ0v) is 17.1. The van der Waals surface area contributed by atoms with Crippen LogP contribution in [0.25, 0.3) is 0 Å². The van der Waals surface area contributed by atoms with Gasteiger partial charge < -0.3 is 14.8 Å². The summed E-state index contributed by atoms with van der Waals surface area (Å²) in [7, 11) is 1.70. The SMILES string of the molecule is CCCC(=O)N[C@H]1C(C)(C)[C@@H]2C[C@@H]3[C@@H](c4ccc(OC)cc4)OCCC31C2. The van der Waals surface area contributed by atoms with Crippen LogP contribution in [0.2, 0.25) is 0 Å². The summed E-state index contributed by atoms with van der Waals surface area (Å²) in [4.78, 5) is 12.5. The molecule has 1 amide bonds. The van der Waals surface area contributed by atoms with Crippen LogP contribution < -0.4 is 10.1 Å². The maximum absolute atomic E-state index is 12.5. The van der Waals surface area contributed by atoms with Crippen molar-refractivity contribution in [2.24, 2.45) is 22.7 Å². The molecule has 4 nitrogen and oxygen atoms in total. The molecule has 1 spiro atoms. The van der Waals surface area contributed by atoms with Crippen molar-refractivity contribution in [2.45, 2.75) is 65.0 Å². The molecule has 27 heavy (non-hydrogen) atoms. The van der Waals surface area contributed by atoms with Crippen LogP contribution in [0.4, 0.5) is 0 Å². The van der Waals surface area contributed by atoms with E-state index < -0.39 is 0 Å². The molecule has 0 aromatic heterocycles. The van der Waals surface area contributed by atoms with E-state index in [-0.39, 0.29) is 28.9 Å². The lowest BCUT2D eigenvalue weighted by Gasteiger charge is -2.53. The summed E-state index contributed by atoms with van der Waals surface area (Å²) in [6.07, 6.45) is 5.12. The van der Waals surface area contributed by atoms with E-state index in [9.17, 15) is 4.79 Å². The number of carbonyl (C=O) groups is 1. The molecule has 1 heterocycles. The van der Waals surface area contributed by atoms with Crippen molar-refractivity contribution in [3.63, 3.8) is 0 Å². The second kappa shape index (κ2) is 6.80. The van der Waals surface area contributed by atoms with Crippen molar-refractivity contribution < 1.29 is 14.3 Å². The number of ether oxygens (including phenoxy) is 2. The van der Waals surface area contributed by atoms with E-state index in [1.165, 1.54) is 18.4 Å². The summed E-state index contributed by atoms with van der Waals surface area (Å²) in [6.45, 7) is 7.56. The van der Waals surface area contributed by atoms with Crippen LogP contribution in [0.3, 0.4) is 0 Å². The molecule has 3 fully saturated rings. The maximum atomic E-state index is 12.5. The van der Waals surface area contributed by atoms with Crippen LogP contribution >= 0.6 is 0 Å². The van der Waals surface area contributed by atoms with Gasteiger partial charge in [0.25, 0.3) is 0 Å². The number of benzene rings is 1. The molecule has 0 radical (unpaired) electrons. The number of hydrogen-bond donors (Lipinski definition) is 1. The number of nitrogens with one attached hydrogen (secondary N) is 1. The van der Waals surface area contributed by atoms with Crippen molar-refractivity contribution in [1.82, 2.24) is 5.32 Å². The third-order valence-corrected chi connectivity index (χ3v) is 7.73. The molecule has 3 aliphatic rings. The molecular weight excluding hydrogens is 338 g/mol. The van der Waals surface area contributed by atoms with Crippen LogP contribution in [-0.4, -0.2) is 25.7 Å². The highest BCUT2D eigenvalue weighted by Crippen LogP contribution is 2.70. The van der Waals surface area contributed by atoms with Gasteiger partial charge in [-0.05, 0) is 66.0 Å². The highest BCUT2D eigenvalue weighted by molar-refractivity contribution is 5.76. The van der Waals surface area contributed by atoms with Crippen LogP contribution in [0, 0.1) is 22.7 Å². The van der Waals surface area contributed by atoms with E-state index in [2.05, 4.69) is 38.2 Å². The average Bonchev–Trinajstić information content (AvgIpc) is 3.15. The van der Waals surface area contributed by atoms with Crippen LogP contribution in [-0.2, 0) is 9.53 Å². The molecule has 1 aliphatic heterocycles. The zero-order chi connectivity index (χ0) is 19.2. The lowest BCUT2D eigenvalue weighted by Crippen LogP contribution is -2.58. The fraction of sp³-hybridized carbons (Fsp3) is 0.696. The molecule has 4 heteroatoms. The van der Waals surface area contributed by atoms with Crippen molar-refractivity contribution in [2.75, 3.05) is 13.7 Å². The molecule has 2 bridgehead atoms. The second-order valence-corrected chi connectivity index (χ2v) is 9.36. The van der Waals surface area contributed by atoms with Gasteiger partial charge in [-0.3, -0.25) is 4.79 Å². The second-order valence-electron chi connectivity index (χ2n) is 9.36. The Hall–Kier alpha value is -1.55. The van der Waals surface area contributed by atoms with Crippen molar-refractivity contribution in [3.8, 4) is 5.75 Å². The zero-order valence-electron chi connectivity index (χ0n) is 17.1. The van der Waals surface area contributed by atoms with Gasteiger partial charge in [-0.25, -0.2) is 0 Å². The quantitative estimate of drug-likeness (QED) is 0.829. The topological polar surface area (TPSA) is 47.6 Å². The van der Waals surface area contributed by atoms with E-state index in [1.807, 2.05) is 12.1 Å². The first kappa shape index (κ1) is 18.8. The van der Waals surface area contributed by atoms with Gasteiger partial charge in [-0.2, -0.15) is 0 Å². The summed E-state index contributed by atoms with van der Waals surface area (Å²) in [5.41, 5.74) is 1.56. The molecule has 2 saturated carbocycles. The molecule has 1 unspecified atom stereocenters.